The molecule has 0 aliphatic carbocycles. The Balaban J connectivity index is 0.000000379. The Morgan fingerprint density at radius 2 is 1.65 bits per heavy atom. The molecule has 1 atom stereocenters. The molecule has 0 saturated carbocycles. The average Bonchev–Trinajstić information content (AvgIpc) is 2.87. The number of carbonyl (C=O) groups excluding carboxylic acids is 1. The predicted octanol–water partition coefficient (Wildman–Crippen LogP) is 5.53. The molecule has 178 valence electrons. The third kappa shape index (κ3) is 9.78. The van der Waals surface area contributed by atoms with Gasteiger partial charge in [-0.3, -0.25) is 4.79 Å². The van der Waals surface area contributed by atoms with Crippen LogP contribution in [0.2, 0.25) is 0 Å². The maximum absolute atomic E-state index is 12.5. The zero-order valence-corrected chi connectivity index (χ0v) is 20.4. The van der Waals surface area contributed by atoms with Crippen molar-refractivity contribution in [2.24, 2.45) is 5.73 Å². The van der Waals surface area contributed by atoms with Crippen molar-refractivity contribution >= 4 is 18.5 Å². The fourth-order valence-electron chi connectivity index (χ4n) is 3.32. The Bertz CT molecular complexity index is 1080. The summed E-state index contributed by atoms with van der Waals surface area (Å²) in [6.07, 6.45) is 3.42. The first kappa shape index (κ1) is 27.1. The van der Waals surface area contributed by atoms with Crippen LogP contribution in [-0.4, -0.2) is 11.9 Å². The number of nitriles is 1. The Labute approximate surface area is 207 Å². The highest BCUT2D eigenvalue weighted by molar-refractivity contribution is 7.80. The van der Waals surface area contributed by atoms with Gasteiger partial charge < -0.3 is 11.1 Å². The minimum atomic E-state index is -0.430. The molecule has 3 aromatic rings. The van der Waals surface area contributed by atoms with Gasteiger partial charge in [0.15, 0.2) is 0 Å². The van der Waals surface area contributed by atoms with E-state index in [-0.39, 0.29) is 5.91 Å². The highest BCUT2D eigenvalue weighted by Gasteiger charge is 2.11. The summed E-state index contributed by atoms with van der Waals surface area (Å²) in [6, 6.07) is 24.6. The first-order valence-corrected chi connectivity index (χ1v) is 11.8. The number of aryl methyl sites for hydroxylation is 2. The number of nitrogens with one attached hydrogen (secondary N) is 1. The molecule has 0 fully saturated rings. The van der Waals surface area contributed by atoms with Gasteiger partial charge in [-0.15, -0.1) is 12.6 Å². The Hall–Kier alpha value is -3.14. The van der Waals surface area contributed by atoms with Gasteiger partial charge in [-0.1, -0.05) is 67.9 Å². The standard InChI is InChI=1S/C21H27FN2O.C7H5NS/c1-2-4-20(23)21(25)24-15-19-6-3-5-17(13-19)10-7-16-8-11-18(14-22)12-9-16;8-5-6-2-1-3-7(9)4-6/h3,5-6,8-9,11-13,20H,2,4,7,10,14-15,23H2,1H3,(H,24,25);1-4,9H. The lowest BCUT2D eigenvalue weighted by Gasteiger charge is -2.12. The number of thiol groups is 1. The second-order valence-electron chi connectivity index (χ2n) is 8.05. The Morgan fingerprint density at radius 3 is 2.26 bits per heavy atom. The van der Waals surface area contributed by atoms with E-state index in [0.29, 0.717) is 24.1 Å². The van der Waals surface area contributed by atoms with Crippen LogP contribution in [0.4, 0.5) is 4.39 Å². The van der Waals surface area contributed by atoms with Crippen LogP contribution in [0.5, 0.6) is 0 Å². The number of benzene rings is 3. The lowest BCUT2D eigenvalue weighted by atomic mass is 10.0. The number of carbonyl (C=O) groups is 1. The molecule has 0 saturated heterocycles. The summed E-state index contributed by atoms with van der Waals surface area (Å²) in [4.78, 5) is 12.7. The van der Waals surface area contributed by atoms with Gasteiger partial charge in [0.1, 0.15) is 6.67 Å². The number of hydrogen-bond donors (Lipinski definition) is 3. The van der Waals surface area contributed by atoms with Crippen molar-refractivity contribution in [1.29, 1.82) is 5.26 Å². The number of hydrogen-bond acceptors (Lipinski definition) is 4. The molecule has 34 heavy (non-hydrogen) atoms. The minimum Gasteiger partial charge on any atom is -0.351 e. The van der Waals surface area contributed by atoms with Gasteiger partial charge >= 0.3 is 0 Å². The van der Waals surface area contributed by atoms with Crippen LogP contribution < -0.4 is 11.1 Å². The summed E-state index contributed by atoms with van der Waals surface area (Å²) in [5.41, 5.74) is 10.7. The molecule has 0 radical (unpaired) electrons. The van der Waals surface area contributed by atoms with Crippen LogP contribution in [0, 0.1) is 11.3 Å². The number of alkyl halides is 1. The molecule has 1 unspecified atom stereocenters. The largest absolute Gasteiger partial charge is 0.351 e. The average molecular weight is 478 g/mol. The van der Waals surface area contributed by atoms with Crippen LogP contribution in [0.25, 0.3) is 0 Å². The monoisotopic (exact) mass is 477 g/mol. The third-order valence-corrected chi connectivity index (χ3v) is 5.53. The highest BCUT2D eigenvalue weighted by Crippen LogP contribution is 2.12. The van der Waals surface area contributed by atoms with E-state index < -0.39 is 12.7 Å². The van der Waals surface area contributed by atoms with E-state index in [0.717, 1.165) is 29.7 Å². The van der Waals surface area contributed by atoms with Crippen LogP contribution in [0.1, 0.15) is 47.6 Å². The van der Waals surface area contributed by atoms with E-state index in [4.69, 9.17) is 11.0 Å². The van der Waals surface area contributed by atoms with Crippen LogP contribution >= 0.6 is 12.6 Å². The maximum atomic E-state index is 12.5. The topological polar surface area (TPSA) is 78.9 Å². The number of rotatable bonds is 9. The van der Waals surface area contributed by atoms with Gasteiger partial charge in [0.2, 0.25) is 5.91 Å². The molecular formula is C28H32FN3OS. The fraction of sp³-hybridized carbons (Fsp3) is 0.286. The second kappa shape index (κ2) is 14.9. The summed E-state index contributed by atoms with van der Waals surface area (Å²) in [7, 11) is 0. The van der Waals surface area contributed by atoms with Gasteiger partial charge in [0, 0.05) is 11.4 Å². The summed E-state index contributed by atoms with van der Waals surface area (Å²) >= 11 is 4.06. The predicted molar refractivity (Wildman–Crippen MR) is 138 cm³/mol. The van der Waals surface area contributed by atoms with Crippen molar-refractivity contribution in [3.63, 3.8) is 0 Å². The maximum Gasteiger partial charge on any atom is 0.237 e. The smallest absolute Gasteiger partial charge is 0.237 e. The number of halogens is 1. The van der Waals surface area contributed by atoms with E-state index in [2.05, 4.69) is 30.1 Å². The van der Waals surface area contributed by atoms with E-state index in [1.165, 1.54) is 11.1 Å². The van der Waals surface area contributed by atoms with E-state index in [9.17, 15) is 9.18 Å². The molecule has 4 nitrogen and oxygen atoms in total. The van der Waals surface area contributed by atoms with Crippen molar-refractivity contribution in [1.82, 2.24) is 5.32 Å². The highest BCUT2D eigenvalue weighted by atomic mass is 32.1. The first-order valence-electron chi connectivity index (χ1n) is 11.4. The van der Waals surface area contributed by atoms with Crippen molar-refractivity contribution in [3.8, 4) is 6.07 Å². The molecule has 3 N–H and O–H groups in total. The molecular weight excluding hydrogens is 445 g/mol. The van der Waals surface area contributed by atoms with Gasteiger partial charge in [-0.05, 0) is 59.7 Å². The Kier molecular flexibility index (Phi) is 11.9. The number of amides is 1. The first-order chi connectivity index (χ1) is 16.4. The summed E-state index contributed by atoms with van der Waals surface area (Å²) < 4.78 is 12.5. The zero-order valence-electron chi connectivity index (χ0n) is 19.5. The van der Waals surface area contributed by atoms with Crippen LogP contribution in [-0.2, 0) is 30.9 Å². The van der Waals surface area contributed by atoms with Crippen molar-refractivity contribution in [3.05, 3.63) is 101 Å². The van der Waals surface area contributed by atoms with Crippen LogP contribution in [0.15, 0.2) is 77.7 Å². The lowest BCUT2D eigenvalue weighted by molar-refractivity contribution is -0.122. The fourth-order valence-corrected chi connectivity index (χ4v) is 3.54. The van der Waals surface area contributed by atoms with Gasteiger partial charge in [-0.25, -0.2) is 4.39 Å². The van der Waals surface area contributed by atoms with E-state index in [1.54, 1.807) is 18.2 Å². The molecule has 0 aliphatic rings. The molecule has 0 bridgehead atoms. The third-order valence-electron chi connectivity index (χ3n) is 5.25. The van der Waals surface area contributed by atoms with E-state index in [1.807, 2.05) is 55.5 Å². The molecule has 0 aromatic heterocycles. The minimum absolute atomic E-state index is 0.0970. The SMILES string of the molecule is CCCC(N)C(=O)NCc1cccc(CCc2ccc(CF)cc2)c1.N#Cc1cccc(S)c1. The number of nitrogens with two attached hydrogens (primary N) is 1. The zero-order chi connectivity index (χ0) is 24.8. The van der Waals surface area contributed by atoms with Crippen molar-refractivity contribution in [2.45, 2.75) is 56.8 Å². The summed E-state index contributed by atoms with van der Waals surface area (Å²) in [5, 5.41) is 11.3. The molecule has 0 aliphatic heterocycles. The lowest BCUT2D eigenvalue weighted by Crippen LogP contribution is -2.40. The van der Waals surface area contributed by atoms with Gasteiger partial charge in [0.25, 0.3) is 0 Å². The van der Waals surface area contributed by atoms with Gasteiger partial charge in [-0.2, -0.15) is 5.26 Å². The van der Waals surface area contributed by atoms with Crippen LogP contribution in [0.3, 0.4) is 0 Å². The summed E-state index contributed by atoms with van der Waals surface area (Å²) in [6.45, 7) is 2.09. The Morgan fingerprint density at radius 1 is 1.00 bits per heavy atom. The molecule has 3 rings (SSSR count). The molecule has 6 heteroatoms. The van der Waals surface area contributed by atoms with Crippen molar-refractivity contribution in [2.75, 3.05) is 0 Å². The van der Waals surface area contributed by atoms with Gasteiger partial charge in [0.05, 0.1) is 17.7 Å². The van der Waals surface area contributed by atoms with E-state index >= 15 is 0 Å². The normalized spacial score (nSPS) is 11.0. The van der Waals surface area contributed by atoms with Crippen molar-refractivity contribution < 1.29 is 9.18 Å². The summed E-state index contributed by atoms with van der Waals surface area (Å²) in [5.74, 6) is -0.0970. The molecule has 0 spiro atoms. The number of nitrogens with zero attached hydrogens (tertiary/aromatic N) is 1. The molecule has 3 aromatic carbocycles. The second-order valence-corrected chi connectivity index (χ2v) is 8.56. The molecule has 0 heterocycles. The quantitative estimate of drug-likeness (QED) is 0.355. The molecule has 1 amide bonds.